The average molecular weight is 528 g/mol. The second-order valence-corrected chi connectivity index (χ2v) is 10.2. The summed E-state index contributed by atoms with van der Waals surface area (Å²) in [5.41, 5.74) is 5.25. The van der Waals surface area contributed by atoms with Gasteiger partial charge in [-0.3, -0.25) is 9.59 Å². The Labute approximate surface area is 230 Å². The van der Waals surface area contributed by atoms with Crippen molar-refractivity contribution < 1.29 is 24.2 Å². The number of hydrogen-bond acceptors (Lipinski definition) is 4. The Morgan fingerprint density at radius 3 is 2.38 bits per heavy atom. The third-order valence-corrected chi connectivity index (χ3v) is 6.69. The number of carboxylic acid groups (broad SMARTS) is 1. The van der Waals surface area contributed by atoms with E-state index in [0.717, 1.165) is 23.2 Å². The second-order valence-electron chi connectivity index (χ2n) is 10.2. The van der Waals surface area contributed by atoms with Crippen molar-refractivity contribution in [1.29, 1.82) is 0 Å². The number of benzene rings is 2. The number of rotatable bonds is 14. The van der Waals surface area contributed by atoms with E-state index in [4.69, 9.17) is 14.6 Å². The van der Waals surface area contributed by atoms with Crippen LogP contribution in [0.5, 0.6) is 5.75 Å². The van der Waals surface area contributed by atoms with Gasteiger partial charge in [-0.25, -0.2) is 0 Å². The first-order valence-electron chi connectivity index (χ1n) is 13.6. The van der Waals surface area contributed by atoms with Gasteiger partial charge in [0.25, 0.3) is 0 Å². The lowest BCUT2D eigenvalue weighted by Crippen LogP contribution is -2.15. The summed E-state index contributed by atoms with van der Waals surface area (Å²) in [5.74, 6) is 0.363. The number of ether oxygens (including phenoxy) is 2. The Morgan fingerprint density at radius 1 is 0.974 bits per heavy atom. The van der Waals surface area contributed by atoms with E-state index in [1.165, 1.54) is 5.56 Å². The molecule has 0 aliphatic carbocycles. The zero-order valence-corrected chi connectivity index (χ0v) is 22.9. The first-order valence-corrected chi connectivity index (χ1v) is 13.6. The van der Waals surface area contributed by atoms with Crippen LogP contribution < -0.4 is 4.74 Å². The molecule has 0 unspecified atom stereocenters. The number of nitrogens with zero attached hydrogens (tertiary/aromatic N) is 1. The van der Waals surface area contributed by atoms with Crippen molar-refractivity contribution in [3.63, 3.8) is 0 Å². The fraction of sp³-hybridized carbons (Fsp3) is 0.333. The Bertz CT molecular complexity index is 1390. The maximum Gasteiger partial charge on any atom is 0.303 e. The molecule has 39 heavy (non-hydrogen) atoms. The highest BCUT2D eigenvalue weighted by molar-refractivity contribution is 6.13. The Kier molecular flexibility index (Phi) is 9.55. The summed E-state index contributed by atoms with van der Waals surface area (Å²) in [6.07, 6.45) is 3.87. The molecule has 0 spiro atoms. The number of fused-ring (bicyclic) bond motifs is 1. The third kappa shape index (κ3) is 7.36. The minimum atomic E-state index is -0.818. The molecule has 2 aromatic heterocycles. The number of ketones is 1. The molecule has 2 heterocycles. The molecule has 4 aromatic rings. The van der Waals surface area contributed by atoms with Gasteiger partial charge in [0.15, 0.2) is 5.78 Å². The predicted octanol–water partition coefficient (Wildman–Crippen LogP) is 6.93. The zero-order chi connectivity index (χ0) is 27.8. The highest BCUT2D eigenvalue weighted by Crippen LogP contribution is 2.26. The molecule has 4 rings (SSSR count). The van der Waals surface area contributed by atoms with Crippen molar-refractivity contribution in [2.45, 2.75) is 52.6 Å². The second kappa shape index (κ2) is 13.3. The Hall–Kier alpha value is -3.90. The molecule has 0 aliphatic rings. The van der Waals surface area contributed by atoms with Crippen LogP contribution >= 0.6 is 0 Å². The SMILES string of the molecule is CCOC[C@H](Oc1ccc(C(=O)c2cc(CCCC(=O)O)n3ccccc23)cc1)c1ccc(CC(C)C)cc1. The fourth-order valence-corrected chi connectivity index (χ4v) is 4.79. The van der Waals surface area contributed by atoms with Crippen LogP contribution in [0.4, 0.5) is 0 Å². The maximum absolute atomic E-state index is 13.5. The van der Waals surface area contributed by atoms with Crippen molar-refractivity contribution in [3.05, 3.63) is 107 Å². The summed E-state index contributed by atoms with van der Waals surface area (Å²) in [4.78, 5) is 24.4. The van der Waals surface area contributed by atoms with E-state index in [-0.39, 0.29) is 18.3 Å². The molecule has 0 fully saturated rings. The molecule has 1 atom stereocenters. The normalized spacial score (nSPS) is 12.1. The van der Waals surface area contributed by atoms with Crippen LogP contribution in [0.15, 0.2) is 79.0 Å². The van der Waals surface area contributed by atoms with Crippen molar-refractivity contribution >= 4 is 17.3 Å². The van der Waals surface area contributed by atoms with Crippen LogP contribution in [-0.2, 0) is 22.4 Å². The Balaban J connectivity index is 1.51. The van der Waals surface area contributed by atoms with Gasteiger partial charge in [-0.1, -0.05) is 44.2 Å². The molecule has 0 saturated heterocycles. The summed E-state index contributed by atoms with van der Waals surface area (Å²) >= 11 is 0. The highest BCUT2D eigenvalue weighted by atomic mass is 16.5. The molecule has 2 aromatic carbocycles. The number of carbonyl (C=O) groups excluding carboxylic acids is 1. The number of carboxylic acids is 1. The van der Waals surface area contributed by atoms with Crippen LogP contribution in [-0.4, -0.2) is 34.5 Å². The molecule has 0 saturated carbocycles. The van der Waals surface area contributed by atoms with E-state index in [0.29, 0.717) is 48.8 Å². The van der Waals surface area contributed by atoms with Crippen molar-refractivity contribution in [2.24, 2.45) is 5.92 Å². The number of hydrogen-bond donors (Lipinski definition) is 1. The zero-order valence-electron chi connectivity index (χ0n) is 22.9. The lowest BCUT2D eigenvalue weighted by Gasteiger charge is -2.20. The van der Waals surface area contributed by atoms with Crippen LogP contribution in [0.25, 0.3) is 5.52 Å². The van der Waals surface area contributed by atoms with Crippen LogP contribution in [0.2, 0.25) is 0 Å². The summed E-state index contributed by atoms with van der Waals surface area (Å²) in [6, 6.07) is 23.3. The molecule has 0 radical (unpaired) electrons. The van der Waals surface area contributed by atoms with E-state index in [2.05, 4.69) is 38.1 Å². The van der Waals surface area contributed by atoms with Crippen molar-refractivity contribution in [3.8, 4) is 5.75 Å². The summed E-state index contributed by atoms with van der Waals surface area (Å²) < 4.78 is 14.0. The molecule has 6 heteroatoms. The molecule has 1 N–H and O–H groups in total. The first kappa shape index (κ1) is 28.1. The first-order chi connectivity index (χ1) is 18.9. The minimum absolute atomic E-state index is 0.0821. The smallest absolute Gasteiger partial charge is 0.303 e. The van der Waals surface area contributed by atoms with Crippen LogP contribution in [0.1, 0.15) is 72.5 Å². The van der Waals surface area contributed by atoms with Crippen molar-refractivity contribution in [2.75, 3.05) is 13.2 Å². The third-order valence-electron chi connectivity index (χ3n) is 6.69. The van der Waals surface area contributed by atoms with Gasteiger partial charge >= 0.3 is 5.97 Å². The van der Waals surface area contributed by atoms with E-state index in [1.54, 1.807) is 12.1 Å². The molecule has 0 aliphatic heterocycles. The standard InChI is InChI=1S/C33H37NO5/c1-4-38-22-31(25-13-11-24(12-14-25)20-23(2)3)39-28-17-15-26(16-18-28)33(37)29-21-27(8-7-10-32(35)36)34-19-6-5-9-30(29)34/h5-6,9,11-19,21,23,31H,4,7-8,10,20,22H2,1-3H3,(H,35,36)/t31-/m0/s1. The van der Waals surface area contributed by atoms with Gasteiger partial charge in [0.05, 0.1) is 12.1 Å². The quantitative estimate of drug-likeness (QED) is 0.180. The van der Waals surface area contributed by atoms with Crippen LogP contribution in [0, 0.1) is 5.92 Å². The lowest BCUT2D eigenvalue weighted by atomic mass is 10.0. The number of aliphatic carboxylic acids is 1. The lowest BCUT2D eigenvalue weighted by molar-refractivity contribution is -0.137. The highest BCUT2D eigenvalue weighted by Gasteiger charge is 2.18. The molecular formula is C33H37NO5. The number of pyridine rings is 1. The van der Waals surface area contributed by atoms with Gasteiger partial charge in [-0.15, -0.1) is 0 Å². The maximum atomic E-state index is 13.5. The summed E-state index contributed by atoms with van der Waals surface area (Å²) in [5, 5.41) is 8.99. The van der Waals surface area contributed by atoms with Crippen molar-refractivity contribution in [1.82, 2.24) is 4.40 Å². The van der Waals surface area contributed by atoms with Gasteiger partial charge in [0.1, 0.15) is 11.9 Å². The van der Waals surface area contributed by atoms with Crippen LogP contribution in [0.3, 0.4) is 0 Å². The minimum Gasteiger partial charge on any atom is -0.483 e. The van der Waals surface area contributed by atoms with E-state index in [9.17, 15) is 9.59 Å². The van der Waals surface area contributed by atoms with E-state index < -0.39 is 5.97 Å². The van der Waals surface area contributed by atoms with E-state index >= 15 is 0 Å². The average Bonchev–Trinajstić information content (AvgIpc) is 3.29. The molecule has 0 amide bonds. The predicted molar refractivity (Wildman–Crippen MR) is 153 cm³/mol. The number of aromatic nitrogens is 1. The molecule has 6 nitrogen and oxygen atoms in total. The van der Waals surface area contributed by atoms with Gasteiger partial charge in [-0.2, -0.15) is 0 Å². The van der Waals surface area contributed by atoms with Gasteiger partial charge in [-0.05, 0) is 85.7 Å². The molecular weight excluding hydrogens is 490 g/mol. The fourth-order valence-electron chi connectivity index (χ4n) is 4.79. The van der Waals surface area contributed by atoms with Gasteiger partial charge in [0, 0.05) is 36.0 Å². The van der Waals surface area contributed by atoms with Gasteiger partial charge < -0.3 is 19.0 Å². The topological polar surface area (TPSA) is 77.2 Å². The monoisotopic (exact) mass is 527 g/mol. The number of aryl methyl sites for hydroxylation is 1. The molecule has 0 bridgehead atoms. The largest absolute Gasteiger partial charge is 0.483 e. The number of carbonyl (C=O) groups is 2. The van der Waals surface area contributed by atoms with Gasteiger partial charge in [0.2, 0.25) is 0 Å². The van der Waals surface area contributed by atoms with E-state index in [1.807, 2.05) is 53.9 Å². The Morgan fingerprint density at radius 2 is 1.72 bits per heavy atom. The summed E-state index contributed by atoms with van der Waals surface area (Å²) in [6.45, 7) is 7.42. The molecule has 204 valence electrons. The summed E-state index contributed by atoms with van der Waals surface area (Å²) in [7, 11) is 0.